The molecule has 1 fully saturated rings. The smallest absolute Gasteiger partial charge is 0.266 e. The molecule has 1 unspecified atom stereocenters. The van der Waals surface area contributed by atoms with Crippen LogP contribution in [0.2, 0.25) is 0 Å². The van der Waals surface area contributed by atoms with Gasteiger partial charge < -0.3 is 33.9 Å². The summed E-state index contributed by atoms with van der Waals surface area (Å²) in [6.45, 7) is 5.73. The molecule has 1 atom stereocenters. The number of sulfonamides is 1. The van der Waals surface area contributed by atoms with Crippen LogP contribution < -0.4 is 24.4 Å². The van der Waals surface area contributed by atoms with Crippen LogP contribution in [0.4, 0.5) is 5.82 Å². The van der Waals surface area contributed by atoms with Crippen molar-refractivity contribution in [2.24, 2.45) is 13.0 Å². The van der Waals surface area contributed by atoms with Crippen molar-refractivity contribution < 1.29 is 32.2 Å². The number of thiazole rings is 1. The van der Waals surface area contributed by atoms with Gasteiger partial charge in [-0.1, -0.05) is 0 Å². The Labute approximate surface area is 307 Å². The van der Waals surface area contributed by atoms with Gasteiger partial charge in [0, 0.05) is 69.5 Å². The van der Waals surface area contributed by atoms with E-state index in [1.54, 1.807) is 37.8 Å². The lowest BCUT2D eigenvalue weighted by molar-refractivity contribution is -0.121. The van der Waals surface area contributed by atoms with E-state index < -0.39 is 10.0 Å². The molecule has 1 N–H and O–H groups in total. The molecule has 0 spiro atoms. The first-order chi connectivity index (χ1) is 24.9. The van der Waals surface area contributed by atoms with Gasteiger partial charge in [0.2, 0.25) is 11.7 Å². The van der Waals surface area contributed by atoms with Gasteiger partial charge in [-0.15, -0.1) is 11.3 Å². The van der Waals surface area contributed by atoms with E-state index in [9.17, 15) is 18.0 Å². The fourth-order valence-corrected chi connectivity index (χ4v) is 9.26. The summed E-state index contributed by atoms with van der Waals surface area (Å²) < 4.78 is 47.3. The molecule has 52 heavy (non-hydrogen) atoms. The number of rotatable bonds is 6. The van der Waals surface area contributed by atoms with Crippen molar-refractivity contribution >= 4 is 49.9 Å². The number of pyridine rings is 1. The molecule has 15 nitrogen and oxygen atoms in total. The van der Waals surface area contributed by atoms with E-state index in [-0.39, 0.29) is 42.4 Å². The summed E-state index contributed by atoms with van der Waals surface area (Å²) in [7, 11) is 2.33. The van der Waals surface area contributed by atoms with E-state index in [1.807, 2.05) is 26.0 Å². The summed E-state index contributed by atoms with van der Waals surface area (Å²) in [4.78, 5) is 46.0. The zero-order chi connectivity index (χ0) is 37.2. The van der Waals surface area contributed by atoms with Gasteiger partial charge in [0.15, 0.2) is 16.5 Å². The molecular formula is C35H46N8O7S2. The van der Waals surface area contributed by atoms with Crippen molar-refractivity contribution in [3.8, 4) is 17.2 Å². The topological polar surface area (TPSA) is 161 Å². The Kier molecular flexibility index (Phi) is 11.2. The standard InChI is InChI=1S/C35H46N8O7S2/c1-22-33(51-23(2)38-22)35(45)42-11-7-8-13-43(52(46,47)30-20-40(3)21-37-30)19-29(44)36-16-24-10-9-12-41(17-24)34-25(18-42)14-26-27(39-34)15-28(48-4)32(50-6)31(26)49-5/h14-15,20-21,24H,7-13,16-19H2,1-6H3,(H,36,44). The third kappa shape index (κ3) is 7.66. The minimum atomic E-state index is -4.06. The molecule has 4 aromatic rings. The molecular weight excluding hydrogens is 709 g/mol. The van der Waals surface area contributed by atoms with E-state index in [4.69, 9.17) is 19.2 Å². The molecule has 1 saturated heterocycles. The predicted molar refractivity (Wildman–Crippen MR) is 197 cm³/mol. The average Bonchev–Trinajstić information content (AvgIpc) is 3.73. The molecule has 1 aromatic carbocycles. The lowest BCUT2D eigenvalue weighted by Gasteiger charge is -2.36. The van der Waals surface area contributed by atoms with E-state index in [1.165, 1.54) is 28.2 Å². The Morgan fingerprint density at radius 1 is 0.981 bits per heavy atom. The van der Waals surface area contributed by atoms with Crippen molar-refractivity contribution in [2.75, 3.05) is 65.5 Å². The summed E-state index contributed by atoms with van der Waals surface area (Å²) in [5, 5.41) is 4.39. The second kappa shape index (κ2) is 15.6. The van der Waals surface area contributed by atoms with Crippen molar-refractivity contribution in [3.63, 3.8) is 0 Å². The largest absolute Gasteiger partial charge is 0.493 e. The van der Waals surface area contributed by atoms with Crippen molar-refractivity contribution in [3.05, 3.63) is 45.8 Å². The zero-order valence-corrected chi connectivity index (χ0v) is 32.1. The van der Waals surface area contributed by atoms with Crippen LogP contribution in [-0.4, -0.2) is 110 Å². The van der Waals surface area contributed by atoms with Crippen molar-refractivity contribution in [2.45, 2.75) is 51.1 Å². The minimum Gasteiger partial charge on any atom is -0.493 e. The predicted octanol–water partition coefficient (Wildman–Crippen LogP) is 3.53. The number of nitrogens with zero attached hydrogens (tertiary/aromatic N) is 7. The van der Waals surface area contributed by atoms with E-state index in [0.717, 1.165) is 35.8 Å². The number of carbonyl (C=O) groups excluding carboxylic acids is 2. The quantitative estimate of drug-likeness (QED) is 0.307. The van der Waals surface area contributed by atoms with Gasteiger partial charge in [-0.25, -0.2) is 23.4 Å². The fourth-order valence-electron chi connectivity index (χ4n) is 6.97. The van der Waals surface area contributed by atoms with E-state index >= 15 is 0 Å². The number of nitrogens with one attached hydrogen (secondary N) is 1. The highest BCUT2D eigenvalue weighted by atomic mass is 32.2. The number of anilines is 1. The first-order valence-corrected chi connectivity index (χ1v) is 19.5. The highest BCUT2D eigenvalue weighted by Gasteiger charge is 2.31. The van der Waals surface area contributed by atoms with Crippen molar-refractivity contribution in [1.29, 1.82) is 0 Å². The van der Waals surface area contributed by atoms with E-state index in [0.29, 0.717) is 71.2 Å². The SMILES string of the molecule is COc1cc2nc3c(cc2c(OC)c1OC)CN(C(=O)c1sc(C)nc1C)CCCCN(S(=O)(=O)c1cn(C)cn1)CC(=O)NCC1CCCN3C1. The zero-order valence-electron chi connectivity index (χ0n) is 30.5. The maximum Gasteiger partial charge on any atom is 0.266 e. The number of methoxy groups -OCH3 is 3. The van der Waals surface area contributed by atoms with Crippen LogP contribution in [0.15, 0.2) is 29.7 Å². The highest BCUT2D eigenvalue weighted by molar-refractivity contribution is 7.89. The Bertz CT molecular complexity index is 2060. The Morgan fingerprint density at radius 2 is 1.75 bits per heavy atom. The van der Waals surface area contributed by atoms with Crippen LogP contribution in [0.25, 0.3) is 10.9 Å². The second-order valence-corrected chi connectivity index (χ2v) is 16.3. The number of imidazole rings is 1. The Morgan fingerprint density at radius 3 is 2.42 bits per heavy atom. The first kappa shape index (κ1) is 37.3. The normalized spacial score (nSPS) is 18.2. The third-order valence-electron chi connectivity index (χ3n) is 9.52. The number of fused-ring (bicyclic) bond motifs is 5. The monoisotopic (exact) mass is 754 g/mol. The molecule has 0 aliphatic carbocycles. The molecule has 2 aliphatic rings. The molecule has 2 aliphatic heterocycles. The maximum atomic E-state index is 14.4. The van der Waals surface area contributed by atoms with Gasteiger partial charge >= 0.3 is 0 Å². The Balaban J connectivity index is 1.44. The highest BCUT2D eigenvalue weighted by Crippen LogP contribution is 2.44. The summed E-state index contributed by atoms with van der Waals surface area (Å²) >= 11 is 1.35. The number of carbonyl (C=O) groups is 2. The summed E-state index contributed by atoms with van der Waals surface area (Å²) in [5.41, 5.74) is 2.13. The fraction of sp³-hybridized carbons (Fsp3) is 0.514. The molecule has 280 valence electrons. The van der Waals surface area contributed by atoms with Crippen LogP contribution in [0.1, 0.15) is 51.6 Å². The summed E-state index contributed by atoms with van der Waals surface area (Å²) in [6.07, 6.45) is 5.45. The van der Waals surface area contributed by atoms with Crippen LogP contribution in [0.5, 0.6) is 17.2 Å². The molecule has 6 rings (SSSR count). The molecule has 0 saturated carbocycles. The van der Waals surface area contributed by atoms with Crippen LogP contribution >= 0.6 is 11.3 Å². The summed E-state index contributed by atoms with van der Waals surface area (Å²) in [6, 6.07) is 3.84. The van der Waals surface area contributed by atoms with E-state index in [2.05, 4.69) is 20.2 Å². The lowest BCUT2D eigenvalue weighted by atomic mass is 9.97. The molecule has 3 aromatic heterocycles. The van der Waals surface area contributed by atoms with Gasteiger partial charge in [0.1, 0.15) is 10.7 Å². The number of hydrogen-bond acceptors (Lipinski definition) is 12. The summed E-state index contributed by atoms with van der Waals surface area (Å²) in [5.74, 6) is 1.68. The van der Waals surface area contributed by atoms with Crippen LogP contribution in [-0.2, 0) is 28.4 Å². The number of ether oxygens (including phenoxy) is 3. The second-order valence-electron chi connectivity index (χ2n) is 13.2. The average molecular weight is 755 g/mol. The van der Waals surface area contributed by atoms with Gasteiger partial charge in [-0.05, 0) is 51.5 Å². The third-order valence-corrected chi connectivity index (χ3v) is 12.3. The Hall–Kier alpha value is -4.48. The van der Waals surface area contributed by atoms with Gasteiger partial charge in [0.05, 0.1) is 50.4 Å². The molecule has 2 amide bonds. The van der Waals surface area contributed by atoms with Gasteiger partial charge in [-0.2, -0.15) is 4.31 Å². The number of benzene rings is 1. The van der Waals surface area contributed by atoms with Gasteiger partial charge in [-0.3, -0.25) is 9.59 Å². The maximum absolute atomic E-state index is 14.4. The number of aryl methyl sites for hydroxylation is 3. The molecule has 0 radical (unpaired) electrons. The van der Waals surface area contributed by atoms with Crippen LogP contribution in [0.3, 0.4) is 0 Å². The van der Waals surface area contributed by atoms with Crippen LogP contribution in [0, 0.1) is 19.8 Å². The number of amides is 2. The molecule has 2 bridgehead atoms. The number of aromatic nitrogens is 4. The minimum absolute atomic E-state index is 0.0753. The molecule has 17 heteroatoms. The number of hydrogen-bond donors (Lipinski definition) is 1. The molecule has 5 heterocycles. The first-order valence-electron chi connectivity index (χ1n) is 17.3. The number of piperidine rings is 1. The van der Waals surface area contributed by atoms with Crippen molar-refractivity contribution in [1.82, 2.24) is 34.0 Å². The lowest BCUT2D eigenvalue weighted by Crippen LogP contribution is -2.45. The van der Waals surface area contributed by atoms with Gasteiger partial charge in [0.25, 0.3) is 15.9 Å².